The zero-order valence-electron chi connectivity index (χ0n) is 9.60. The number of rotatable bonds is 3. The second kappa shape index (κ2) is 5.18. The maximum absolute atomic E-state index is 13.2. The molecular formula is C12H10BrFN2O2S. The third-order valence-electron chi connectivity index (χ3n) is 2.32. The van der Waals surface area contributed by atoms with Gasteiger partial charge >= 0.3 is 0 Å². The van der Waals surface area contributed by atoms with Crippen LogP contribution in [0, 0.1) is 5.82 Å². The lowest BCUT2D eigenvalue weighted by Crippen LogP contribution is -2.14. The minimum atomic E-state index is -3.88. The number of hydrogen-bond acceptors (Lipinski definition) is 3. The van der Waals surface area contributed by atoms with E-state index in [0.29, 0.717) is 10.2 Å². The molecule has 4 nitrogen and oxygen atoms in total. The van der Waals surface area contributed by atoms with Crippen LogP contribution in [0.15, 0.2) is 51.8 Å². The van der Waals surface area contributed by atoms with Crippen molar-refractivity contribution >= 4 is 37.3 Å². The number of sulfonamides is 1. The molecule has 7 heteroatoms. The van der Waals surface area contributed by atoms with E-state index in [1.54, 1.807) is 24.3 Å². The zero-order chi connectivity index (χ0) is 14.0. The smallest absolute Gasteiger partial charge is 0.262 e. The Bertz CT molecular complexity index is 699. The van der Waals surface area contributed by atoms with Crippen molar-refractivity contribution in [3.8, 4) is 0 Å². The maximum Gasteiger partial charge on any atom is 0.262 e. The van der Waals surface area contributed by atoms with Gasteiger partial charge in [0.25, 0.3) is 10.0 Å². The van der Waals surface area contributed by atoms with Crippen molar-refractivity contribution in [3.05, 3.63) is 52.8 Å². The quantitative estimate of drug-likeness (QED) is 0.840. The van der Waals surface area contributed by atoms with E-state index < -0.39 is 15.8 Å². The summed E-state index contributed by atoms with van der Waals surface area (Å²) in [5.41, 5.74) is 5.85. The number of anilines is 2. The van der Waals surface area contributed by atoms with Crippen molar-refractivity contribution in [2.75, 3.05) is 10.5 Å². The topological polar surface area (TPSA) is 72.2 Å². The highest BCUT2D eigenvalue weighted by atomic mass is 79.9. The van der Waals surface area contributed by atoms with Gasteiger partial charge in [-0.15, -0.1) is 0 Å². The molecule has 0 amide bonds. The van der Waals surface area contributed by atoms with Crippen LogP contribution in [0.4, 0.5) is 15.8 Å². The number of nitrogen functional groups attached to an aromatic ring is 1. The molecule has 100 valence electrons. The number of para-hydroxylation sites is 1. The molecule has 0 aromatic heterocycles. The Labute approximate surface area is 118 Å². The predicted molar refractivity (Wildman–Crippen MR) is 75.8 cm³/mol. The van der Waals surface area contributed by atoms with Crippen molar-refractivity contribution in [2.24, 2.45) is 0 Å². The van der Waals surface area contributed by atoms with Crippen LogP contribution in [0.5, 0.6) is 0 Å². The number of benzene rings is 2. The van der Waals surface area contributed by atoms with Gasteiger partial charge in [-0.1, -0.05) is 12.1 Å². The van der Waals surface area contributed by atoms with Crippen molar-refractivity contribution in [1.29, 1.82) is 0 Å². The van der Waals surface area contributed by atoms with Gasteiger partial charge in [-0.25, -0.2) is 12.8 Å². The summed E-state index contributed by atoms with van der Waals surface area (Å²) in [5, 5.41) is 0. The lowest BCUT2D eigenvalue weighted by Gasteiger charge is -2.10. The lowest BCUT2D eigenvalue weighted by molar-refractivity contribution is 0.595. The number of nitrogens with one attached hydrogen (secondary N) is 1. The highest BCUT2D eigenvalue weighted by molar-refractivity contribution is 9.10. The van der Waals surface area contributed by atoms with E-state index in [1.165, 1.54) is 6.07 Å². The molecule has 0 saturated carbocycles. The average molecular weight is 345 g/mol. The standard InChI is InChI=1S/C12H10BrFN2O2S/c13-11-3-1-2-4-12(11)16-19(17,18)10-6-8(14)5-9(15)7-10/h1-7,16H,15H2. The molecule has 0 radical (unpaired) electrons. The molecule has 0 bridgehead atoms. The summed E-state index contributed by atoms with van der Waals surface area (Å²) in [6.07, 6.45) is 0. The second-order valence-corrected chi connectivity index (χ2v) is 6.34. The van der Waals surface area contributed by atoms with Gasteiger partial charge in [-0.3, -0.25) is 4.72 Å². The van der Waals surface area contributed by atoms with Gasteiger partial charge in [0.1, 0.15) is 5.82 Å². The fourth-order valence-electron chi connectivity index (χ4n) is 1.49. The van der Waals surface area contributed by atoms with E-state index in [1.807, 2.05) is 0 Å². The number of halogens is 2. The first-order valence-corrected chi connectivity index (χ1v) is 7.49. The molecule has 0 fully saturated rings. The lowest BCUT2D eigenvalue weighted by atomic mass is 10.3. The molecule has 19 heavy (non-hydrogen) atoms. The largest absolute Gasteiger partial charge is 0.399 e. The minimum absolute atomic E-state index is 0.0486. The maximum atomic E-state index is 13.2. The Morgan fingerprint density at radius 3 is 2.47 bits per heavy atom. The summed E-state index contributed by atoms with van der Waals surface area (Å²) in [5.74, 6) is -0.701. The van der Waals surface area contributed by atoms with E-state index in [-0.39, 0.29) is 10.6 Å². The van der Waals surface area contributed by atoms with Gasteiger partial charge in [-0.2, -0.15) is 0 Å². The van der Waals surface area contributed by atoms with Gasteiger partial charge in [0, 0.05) is 10.2 Å². The Hall–Kier alpha value is -1.60. The molecule has 0 heterocycles. The van der Waals surface area contributed by atoms with E-state index in [9.17, 15) is 12.8 Å². The average Bonchev–Trinajstić information content (AvgIpc) is 2.31. The summed E-state index contributed by atoms with van der Waals surface area (Å²) < 4.78 is 40.3. The van der Waals surface area contributed by atoms with Crippen LogP contribution in [0.2, 0.25) is 0 Å². The first-order valence-electron chi connectivity index (χ1n) is 5.22. The Morgan fingerprint density at radius 2 is 1.84 bits per heavy atom. The van der Waals surface area contributed by atoms with Gasteiger partial charge in [0.2, 0.25) is 0 Å². The van der Waals surface area contributed by atoms with Crippen LogP contribution < -0.4 is 10.5 Å². The third-order valence-corrected chi connectivity index (χ3v) is 4.36. The van der Waals surface area contributed by atoms with Crippen molar-refractivity contribution < 1.29 is 12.8 Å². The van der Waals surface area contributed by atoms with E-state index in [4.69, 9.17) is 5.73 Å². The minimum Gasteiger partial charge on any atom is -0.399 e. The zero-order valence-corrected chi connectivity index (χ0v) is 12.0. The molecule has 0 atom stereocenters. The predicted octanol–water partition coefficient (Wildman–Crippen LogP) is 2.97. The van der Waals surface area contributed by atoms with Gasteiger partial charge in [0.05, 0.1) is 10.6 Å². The molecule has 0 aliphatic carbocycles. The number of nitrogens with two attached hydrogens (primary N) is 1. The normalized spacial score (nSPS) is 11.3. The van der Waals surface area contributed by atoms with E-state index >= 15 is 0 Å². The van der Waals surface area contributed by atoms with Gasteiger partial charge in [-0.05, 0) is 46.3 Å². The molecule has 2 rings (SSSR count). The number of hydrogen-bond donors (Lipinski definition) is 2. The molecule has 0 aliphatic heterocycles. The Kier molecular flexibility index (Phi) is 3.77. The fourth-order valence-corrected chi connectivity index (χ4v) is 3.15. The first kappa shape index (κ1) is 13.8. The van der Waals surface area contributed by atoms with E-state index in [0.717, 1.165) is 12.1 Å². The molecule has 0 aliphatic rings. The highest BCUT2D eigenvalue weighted by Gasteiger charge is 2.17. The van der Waals surface area contributed by atoms with Crippen molar-refractivity contribution in [1.82, 2.24) is 0 Å². The first-order chi connectivity index (χ1) is 8.88. The Balaban J connectivity index is 2.41. The SMILES string of the molecule is Nc1cc(F)cc(S(=O)(=O)Nc2ccccc2Br)c1. The second-order valence-electron chi connectivity index (χ2n) is 3.81. The van der Waals surface area contributed by atoms with Crippen LogP contribution in [-0.4, -0.2) is 8.42 Å². The molecule has 2 aromatic rings. The summed E-state index contributed by atoms with van der Waals surface area (Å²) in [4.78, 5) is -0.222. The van der Waals surface area contributed by atoms with Crippen LogP contribution >= 0.6 is 15.9 Å². The van der Waals surface area contributed by atoms with Crippen LogP contribution in [0.25, 0.3) is 0 Å². The van der Waals surface area contributed by atoms with Gasteiger partial charge in [0.15, 0.2) is 0 Å². The molecule has 0 spiro atoms. The van der Waals surface area contributed by atoms with Gasteiger partial charge < -0.3 is 5.73 Å². The van der Waals surface area contributed by atoms with Crippen molar-refractivity contribution in [2.45, 2.75) is 4.90 Å². The van der Waals surface area contributed by atoms with Crippen LogP contribution in [-0.2, 0) is 10.0 Å². The summed E-state index contributed by atoms with van der Waals surface area (Å²) in [6, 6.07) is 9.88. The molecular weight excluding hydrogens is 335 g/mol. The summed E-state index contributed by atoms with van der Waals surface area (Å²) >= 11 is 3.22. The molecule has 0 saturated heterocycles. The summed E-state index contributed by atoms with van der Waals surface area (Å²) in [7, 11) is -3.88. The molecule has 3 N–H and O–H groups in total. The van der Waals surface area contributed by atoms with E-state index in [2.05, 4.69) is 20.7 Å². The summed E-state index contributed by atoms with van der Waals surface area (Å²) in [6.45, 7) is 0. The highest BCUT2D eigenvalue weighted by Crippen LogP contribution is 2.25. The molecule has 0 unspecified atom stereocenters. The van der Waals surface area contributed by atoms with Crippen LogP contribution in [0.3, 0.4) is 0 Å². The molecule has 2 aromatic carbocycles. The monoisotopic (exact) mass is 344 g/mol. The Morgan fingerprint density at radius 1 is 1.16 bits per heavy atom. The third kappa shape index (κ3) is 3.24. The fraction of sp³-hybridized carbons (Fsp3) is 0. The van der Waals surface area contributed by atoms with Crippen LogP contribution in [0.1, 0.15) is 0 Å². The van der Waals surface area contributed by atoms with Crippen molar-refractivity contribution in [3.63, 3.8) is 0 Å².